The number of aliphatic imine (C=N–C) groups is 1. The molecule has 0 saturated carbocycles. The number of nitrogens with zero attached hydrogens (tertiary/aromatic N) is 2. The van der Waals surface area contributed by atoms with Crippen molar-refractivity contribution in [2.24, 2.45) is 4.99 Å². The third-order valence-corrected chi connectivity index (χ3v) is 2.39. The second-order valence-electron chi connectivity index (χ2n) is 4.74. The average Bonchev–Trinajstić information content (AvgIpc) is 2.39. The van der Waals surface area contributed by atoms with E-state index in [-0.39, 0.29) is 36.4 Å². The SMILES string of the molecule is C=C(C)CNC(=NCC(=O)N(C)C)NCCCOCC.I. The van der Waals surface area contributed by atoms with Crippen LogP contribution in [0.5, 0.6) is 0 Å². The summed E-state index contributed by atoms with van der Waals surface area (Å²) in [6, 6.07) is 0. The van der Waals surface area contributed by atoms with Crippen molar-refractivity contribution in [3.8, 4) is 0 Å². The number of amides is 1. The molecule has 6 nitrogen and oxygen atoms in total. The minimum absolute atomic E-state index is 0. The number of hydrogen-bond donors (Lipinski definition) is 2. The lowest BCUT2D eigenvalue weighted by molar-refractivity contribution is -0.127. The first kappa shape index (κ1) is 22.5. The highest BCUT2D eigenvalue weighted by atomic mass is 127. The number of guanidine groups is 1. The predicted octanol–water partition coefficient (Wildman–Crippen LogP) is 1.23. The van der Waals surface area contributed by atoms with E-state index in [2.05, 4.69) is 22.2 Å². The molecule has 0 aromatic carbocycles. The lowest BCUT2D eigenvalue weighted by Gasteiger charge is -2.13. The van der Waals surface area contributed by atoms with Crippen LogP contribution in [0.15, 0.2) is 17.1 Å². The largest absolute Gasteiger partial charge is 0.382 e. The van der Waals surface area contributed by atoms with Gasteiger partial charge < -0.3 is 20.3 Å². The minimum Gasteiger partial charge on any atom is -0.382 e. The van der Waals surface area contributed by atoms with Crippen LogP contribution in [-0.2, 0) is 9.53 Å². The molecule has 0 aromatic heterocycles. The van der Waals surface area contributed by atoms with Gasteiger partial charge >= 0.3 is 0 Å². The molecule has 0 spiro atoms. The van der Waals surface area contributed by atoms with Crippen molar-refractivity contribution >= 4 is 35.8 Å². The fourth-order valence-corrected chi connectivity index (χ4v) is 1.22. The smallest absolute Gasteiger partial charge is 0.243 e. The summed E-state index contributed by atoms with van der Waals surface area (Å²) in [6.45, 7) is 10.7. The number of halogens is 1. The number of rotatable bonds is 9. The van der Waals surface area contributed by atoms with Crippen molar-refractivity contribution in [3.63, 3.8) is 0 Å². The zero-order chi connectivity index (χ0) is 15.4. The average molecular weight is 412 g/mol. The van der Waals surface area contributed by atoms with Crippen LogP contribution in [0.2, 0.25) is 0 Å². The summed E-state index contributed by atoms with van der Waals surface area (Å²) in [4.78, 5) is 17.3. The minimum atomic E-state index is -0.0317. The molecule has 0 fully saturated rings. The van der Waals surface area contributed by atoms with Gasteiger partial charge in [0.2, 0.25) is 5.91 Å². The number of ether oxygens (including phenoxy) is 1. The molecule has 0 bridgehead atoms. The van der Waals surface area contributed by atoms with Crippen LogP contribution in [0, 0.1) is 0 Å². The van der Waals surface area contributed by atoms with Gasteiger partial charge in [0, 0.05) is 40.4 Å². The van der Waals surface area contributed by atoms with E-state index in [4.69, 9.17) is 4.74 Å². The number of hydrogen-bond acceptors (Lipinski definition) is 3. The Balaban J connectivity index is 0. The molecule has 0 radical (unpaired) electrons. The van der Waals surface area contributed by atoms with E-state index in [1.54, 1.807) is 14.1 Å². The van der Waals surface area contributed by atoms with E-state index >= 15 is 0 Å². The van der Waals surface area contributed by atoms with Crippen molar-refractivity contribution in [1.82, 2.24) is 15.5 Å². The molecule has 2 N–H and O–H groups in total. The van der Waals surface area contributed by atoms with Crippen LogP contribution in [-0.4, -0.2) is 63.7 Å². The fourth-order valence-electron chi connectivity index (χ4n) is 1.22. The lowest BCUT2D eigenvalue weighted by atomic mass is 10.3. The summed E-state index contributed by atoms with van der Waals surface area (Å²) >= 11 is 0. The molecule has 0 rings (SSSR count). The van der Waals surface area contributed by atoms with Gasteiger partial charge in [-0.1, -0.05) is 12.2 Å². The van der Waals surface area contributed by atoms with Gasteiger partial charge in [0.25, 0.3) is 0 Å². The van der Waals surface area contributed by atoms with Gasteiger partial charge in [0.05, 0.1) is 0 Å². The molecule has 0 atom stereocenters. The molecule has 0 unspecified atom stereocenters. The predicted molar refractivity (Wildman–Crippen MR) is 98.3 cm³/mol. The van der Waals surface area contributed by atoms with Gasteiger partial charge in [-0.2, -0.15) is 0 Å². The van der Waals surface area contributed by atoms with Gasteiger partial charge in [-0.15, -0.1) is 24.0 Å². The molecule has 21 heavy (non-hydrogen) atoms. The van der Waals surface area contributed by atoms with Crippen molar-refractivity contribution in [3.05, 3.63) is 12.2 Å². The number of carbonyl (C=O) groups excluding carboxylic acids is 1. The van der Waals surface area contributed by atoms with Gasteiger partial charge in [-0.25, -0.2) is 4.99 Å². The first-order chi connectivity index (χ1) is 9.47. The van der Waals surface area contributed by atoms with E-state index in [1.807, 2.05) is 13.8 Å². The molecule has 0 heterocycles. The van der Waals surface area contributed by atoms with Crippen LogP contribution in [0.3, 0.4) is 0 Å². The molecule has 0 aliphatic carbocycles. The number of nitrogens with one attached hydrogen (secondary N) is 2. The lowest BCUT2D eigenvalue weighted by Crippen LogP contribution is -2.39. The zero-order valence-electron chi connectivity index (χ0n) is 13.6. The maximum Gasteiger partial charge on any atom is 0.243 e. The third kappa shape index (κ3) is 13.9. The van der Waals surface area contributed by atoms with Crippen molar-refractivity contribution < 1.29 is 9.53 Å². The molecule has 1 amide bonds. The highest BCUT2D eigenvalue weighted by Gasteiger charge is 2.04. The Hall–Kier alpha value is -0.830. The summed E-state index contributed by atoms with van der Waals surface area (Å²) in [6.07, 6.45) is 0.892. The molecule has 0 saturated heterocycles. The molecular weight excluding hydrogens is 383 g/mol. The van der Waals surface area contributed by atoms with Crippen LogP contribution >= 0.6 is 24.0 Å². The molecule has 124 valence electrons. The Labute approximate surface area is 145 Å². The second kappa shape index (κ2) is 14.1. The van der Waals surface area contributed by atoms with E-state index in [0.717, 1.165) is 25.1 Å². The van der Waals surface area contributed by atoms with Gasteiger partial charge in [0.15, 0.2) is 5.96 Å². The maximum absolute atomic E-state index is 11.5. The molecule has 7 heteroatoms. The Bertz CT molecular complexity index is 333. The van der Waals surface area contributed by atoms with Crippen molar-refractivity contribution in [2.45, 2.75) is 20.3 Å². The van der Waals surface area contributed by atoms with Crippen LogP contribution in [0.4, 0.5) is 0 Å². The Kier molecular flexibility index (Phi) is 15.1. The van der Waals surface area contributed by atoms with E-state index in [9.17, 15) is 4.79 Å². The molecular formula is C14H29IN4O2. The summed E-state index contributed by atoms with van der Waals surface area (Å²) in [5.41, 5.74) is 1.01. The van der Waals surface area contributed by atoms with E-state index in [1.165, 1.54) is 4.90 Å². The Morgan fingerprint density at radius 3 is 2.52 bits per heavy atom. The second-order valence-corrected chi connectivity index (χ2v) is 4.74. The monoisotopic (exact) mass is 412 g/mol. The standard InChI is InChI=1S/C14H28N4O2.HI/c1-6-20-9-7-8-15-14(16-10-12(2)3)17-11-13(19)18(4)5;/h2,6-11H2,1,3-5H3,(H2,15,16,17);1H. The quantitative estimate of drug-likeness (QED) is 0.197. The first-order valence-electron chi connectivity index (χ1n) is 6.91. The van der Waals surface area contributed by atoms with Crippen molar-refractivity contribution in [1.29, 1.82) is 0 Å². The highest BCUT2D eigenvalue weighted by molar-refractivity contribution is 14.0. The van der Waals surface area contributed by atoms with Gasteiger partial charge in [-0.3, -0.25) is 4.79 Å². The normalized spacial score (nSPS) is 10.6. The summed E-state index contributed by atoms with van der Waals surface area (Å²) in [7, 11) is 3.43. The van der Waals surface area contributed by atoms with E-state index in [0.29, 0.717) is 19.1 Å². The Morgan fingerprint density at radius 2 is 2.00 bits per heavy atom. The van der Waals surface area contributed by atoms with Crippen molar-refractivity contribution in [2.75, 3.05) is 46.9 Å². The summed E-state index contributed by atoms with van der Waals surface area (Å²) in [5, 5.41) is 6.31. The van der Waals surface area contributed by atoms with Crippen LogP contribution < -0.4 is 10.6 Å². The molecule has 0 aliphatic rings. The van der Waals surface area contributed by atoms with E-state index < -0.39 is 0 Å². The van der Waals surface area contributed by atoms with Crippen LogP contribution in [0.25, 0.3) is 0 Å². The zero-order valence-corrected chi connectivity index (χ0v) is 15.9. The third-order valence-electron chi connectivity index (χ3n) is 2.39. The maximum atomic E-state index is 11.5. The van der Waals surface area contributed by atoms with Gasteiger partial charge in [-0.05, 0) is 20.3 Å². The summed E-state index contributed by atoms with van der Waals surface area (Å²) < 4.78 is 5.27. The highest BCUT2D eigenvalue weighted by Crippen LogP contribution is 1.86. The fraction of sp³-hybridized carbons (Fsp3) is 0.714. The molecule has 0 aromatic rings. The number of likely N-dealkylation sites (N-methyl/N-ethyl adjacent to an activating group) is 1. The molecule has 0 aliphatic heterocycles. The summed E-state index contributed by atoms with van der Waals surface area (Å²) in [5.74, 6) is 0.593. The first-order valence-corrected chi connectivity index (χ1v) is 6.91. The van der Waals surface area contributed by atoms with Gasteiger partial charge in [0.1, 0.15) is 6.54 Å². The Morgan fingerprint density at radius 1 is 1.33 bits per heavy atom. The number of carbonyl (C=O) groups is 1. The van der Waals surface area contributed by atoms with Crippen LogP contribution in [0.1, 0.15) is 20.3 Å². The topological polar surface area (TPSA) is 66.0 Å².